The largest absolute Gasteiger partial charge is 0.339 e. The van der Waals surface area contributed by atoms with Gasteiger partial charge < -0.3 is 4.52 Å². The van der Waals surface area contributed by atoms with E-state index < -0.39 is 21.7 Å². The Kier molecular flexibility index (Phi) is 3.85. The highest BCUT2D eigenvalue weighted by molar-refractivity contribution is 7.89. The molecular formula is C17H13F2N3O3S. The van der Waals surface area contributed by atoms with Gasteiger partial charge in [0.1, 0.15) is 11.6 Å². The van der Waals surface area contributed by atoms with Crippen LogP contribution in [0, 0.1) is 11.6 Å². The highest BCUT2D eigenvalue weighted by Gasteiger charge is 2.43. The minimum absolute atomic E-state index is 0.0277. The van der Waals surface area contributed by atoms with Crippen LogP contribution in [0.3, 0.4) is 0 Å². The lowest BCUT2D eigenvalue weighted by atomic mass is 10.1. The summed E-state index contributed by atoms with van der Waals surface area (Å²) in [6, 6.07) is 9.44. The van der Waals surface area contributed by atoms with E-state index in [1.54, 1.807) is 12.1 Å². The van der Waals surface area contributed by atoms with Crippen LogP contribution in [-0.2, 0) is 10.0 Å². The van der Waals surface area contributed by atoms with Gasteiger partial charge in [0.2, 0.25) is 21.7 Å². The molecular weight excluding hydrogens is 364 g/mol. The van der Waals surface area contributed by atoms with Crippen LogP contribution >= 0.6 is 0 Å². The topological polar surface area (TPSA) is 99.1 Å². The fraction of sp³-hybridized carbons (Fsp3) is 0.176. The van der Waals surface area contributed by atoms with Crippen LogP contribution in [0.25, 0.3) is 11.4 Å². The molecule has 3 aromatic rings. The predicted octanol–water partition coefficient (Wildman–Crippen LogP) is 2.93. The fourth-order valence-corrected chi connectivity index (χ4v) is 3.42. The Balaban J connectivity index is 1.53. The van der Waals surface area contributed by atoms with Gasteiger partial charge in [-0.1, -0.05) is 17.3 Å². The quantitative estimate of drug-likeness (QED) is 0.754. The molecule has 1 aliphatic carbocycles. The van der Waals surface area contributed by atoms with Gasteiger partial charge in [0.25, 0.3) is 0 Å². The molecule has 1 heterocycles. The zero-order chi connectivity index (χ0) is 18.5. The molecule has 0 unspecified atom stereocenters. The van der Waals surface area contributed by atoms with Crippen molar-refractivity contribution in [2.75, 3.05) is 0 Å². The first kappa shape index (κ1) is 16.8. The number of rotatable bonds is 4. The highest BCUT2D eigenvalue weighted by Crippen LogP contribution is 2.54. The molecule has 4 rings (SSSR count). The van der Waals surface area contributed by atoms with Crippen molar-refractivity contribution < 1.29 is 21.7 Å². The molecule has 0 radical (unpaired) electrons. The standard InChI is InChI=1S/C17H13F2N3O3S/c18-10-3-6-12(15(19)7-10)16-21-17(25-22-16)14-8-13(14)9-1-4-11(5-2-9)26(20,23)24/h1-7,13-14H,8H2,(H2,20,23,24)/t13-,14+/m0/s1. The third-order valence-electron chi connectivity index (χ3n) is 4.36. The van der Waals surface area contributed by atoms with Gasteiger partial charge in [-0.15, -0.1) is 0 Å². The first-order valence-electron chi connectivity index (χ1n) is 7.75. The van der Waals surface area contributed by atoms with E-state index in [9.17, 15) is 17.2 Å². The van der Waals surface area contributed by atoms with Crippen LogP contribution in [0.15, 0.2) is 51.9 Å². The molecule has 1 aliphatic rings. The first-order valence-corrected chi connectivity index (χ1v) is 9.29. The first-order chi connectivity index (χ1) is 12.3. The number of sulfonamides is 1. The summed E-state index contributed by atoms with van der Waals surface area (Å²) in [6.07, 6.45) is 0.752. The van der Waals surface area contributed by atoms with Crippen molar-refractivity contribution in [1.82, 2.24) is 10.1 Å². The summed E-state index contributed by atoms with van der Waals surface area (Å²) in [5.74, 6) is -0.934. The Morgan fingerprint density at radius 1 is 1.08 bits per heavy atom. The Morgan fingerprint density at radius 2 is 1.81 bits per heavy atom. The summed E-state index contributed by atoms with van der Waals surface area (Å²) >= 11 is 0. The van der Waals surface area contributed by atoms with Crippen LogP contribution in [0.5, 0.6) is 0 Å². The second-order valence-electron chi connectivity index (χ2n) is 6.14. The summed E-state index contributed by atoms with van der Waals surface area (Å²) in [6.45, 7) is 0. The van der Waals surface area contributed by atoms with Gasteiger partial charge in [-0.2, -0.15) is 4.98 Å². The Labute approximate surface area is 147 Å². The van der Waals surface area contributed by atoms with Crippen LogP contribution in [-0.4, -0.2) is 18.6 Å². The lowest BCUT2D eigenvalue weighted by molar-refractivity contribution is 0.378. The number of hydrogen-bond donors (Lipinski definition) is 1. The lowest BCUT2D eigenvalue weighted by Gasteiger charge is -2.01. The molecule has 0 saturated heterocycles. The van der Waals surface area contributed by atoms with Crippen LogP contribution in [0.1, 0.15) is 29.7 Å². The van der Waals surface area contributed by atoms with E-state index in [2.05, 4.69) is 10.1 Å². The molecule has 2 atom stereocenters. The normalized spacial score (nSPS) is 19.5. The van der Waals surface area contributed by atoms with E-state index in [1.807, 2.05) is 0 Å². The van der Waals surface area contributed by atoms with Crippen molar-refractivity contribution in [1.29, 1.82) is 0 Å². The average molecular weight is 377 g/mol. The van der Waals surface area contributed by atoms with E-state index in [0.717, 1.165) is 24.1 Å². The van der Waals surface area contributed by atoms with Crippen LogP contribution in [0.4, 0.5) is 8.78 Å². The molecule has 9 heteroatoms. The third kappa shape index (κ3) is 3.11. The van der Waals surface area contributed by atoms with E-state index >= 15 is 0 Å². The molecule has 2 N–H and O–H groups in total. The number of nitrogens with zero attached hydrogens (tertiary/aromatic N) is 2. The summed E-state index contributed by atoms with van der Waals surface area (Å²) in [5, 5.41) is 8.85. The Hall–Kier alpha value is -2.65. The summed E-state index contributed by atoms with van der Waals surface area (Å²) in [7, 11) is -3.73. The molecule has 134 valence electrons. The number of halogens is 2. The Bertz CT molecular complexity index is 1080. The summed E-state index contributed by atoms with van der Waals surface area (Å²) < 4.78 is 54.6. The van der Waals surface area contributed by atoms with Gasteiger partial charge in [-0.05, 0) is 42.2 Å². The molecule has 0 aliphatic heterocycles. The second kappa shape index (κ2) is 5.96. The van der Waals surface area contributed by atoms with Crippen molar-refractivity contribution in [3.8, 4) is 11.4 Å². The van der Waals surface area contributed by atoms with Gasteiger partial charge >= 0.3 is 0 Å². The predicted molar refractivity (Wildman–Crippen MR) is 87.6 cm³/mol. The molecule has 1 fully saturated rings. The summed E-state index contributed by atoms with van der Waals surface area (Å²) in [5.41, 5.74) is 0.992. The molecule has 0 spiro atoms. The maximum absolute atomic E-state index is 13.8. The van der Waals surface area contributed by atoms with E-state index in [-0.39, 0.29) is 28.1 Å². The molecule has 0 bridgehead atoms. The lowest BCUT2D eigenvalue weighted by Crippen LogP contribution is -2.11. The maximum atomic E-state index is 13.8. The van der Waals surface area contributed by atoms with Gasteiger partial charge in [0.15, 0.2) is 0 Å². The van der Waals surface area contributed by atoms with E-state index in [0.29, 0.717) is 5.89 Å². The molecule has 26 heavy (non-hydrogen) atoms. The number of primary sulfonamides is 1. The maximum Gasteiger partial charge on any atom is 0.238 e. The minimum Gasteiger partial charge on any atom is -0.339 e. The van der Waals surface area contributed by atoms with Crippen LogP contribution < -0.4 is 5.14 Å². The average Bonchev–Trinajstić information content (AvgIpc) is 3.24. The van der Waals surface area contributed by atoms with Gasteiger partial charge in [-0.3, -0.25) is 0 Å². The molecule has 1 aromatic heterocycles. The number of hydrogen-bond acceptors (Lipinski definition) is 5. The highest BCUT2D eigenvalue weighted by atomic mass is 32.2. The second-order valence-corrected chi connectivity index (χ2v) is 7.70. The van der Waals surface area contributed by atoms with E-state index in [1.165, 1.54) is 18.2 Å². The molecule has 6 nitrogen and oxygen atoms in total. The molecule has 1 saturated carbocycles. The smallest absolute Gasteiger partial charge is 0.238 e. The third-order valence-corrected chi connectivity index (χ3v) is 5.29. The minimum atomic E-state index is -3.73. The Morgan fingerprint density at radius 3 is 2.46 bits per heavy atom. The van der Waals surface area contributed by atoms with Crippen molar-refractivity contribution in [3.05, 3.63) is 65.6 Å². The SMILES string of the molecule is NS(=O)(=O)c1ccc([C@@H]2C[C@H]2c2nc(-c3ccc(F)cc3F)no2)cc1. The van der Waals surface area contributed by atoms with Crippen molar-refractivity contribution in [2.45, 2.75) is 23.2 Å². The van der Waals surface area contributed by atoms with Gasteiger partial charge in [0, 0.05) is 12.0 Å². The van der Waals surface area contributed by atoms with Crippen molar-refractivity contribution in [3.63, 3.8) is 0 Å². The molecule has 2 aromatic carbocycles. The van der Waals surface area contributed by atoms with Crippen molar-refractivity contribution in [2.24, 2.45) is 5.14 Å². The van der Waals surface area contributed by atoms with Crippen molar-refractivity contribution >= 4 is 10.0 Å². The van der Waals surface area contributed by atoms with Gasteiger partial charge in [0.05, 0.1) is 10.5 Å². The van der Waals surface area contributed by atoms with Crippen LogP contribution in [0.2, 0.25) is 0 Å². The zero-order valence-electron chi connectivity index (χ0n) is 13.3. The fourth-order valence-electron chi connectivity index (χ4n) is 2.91. The zero-order valence-corrected chi connectivity index (χ0v) is 14.1. The summed E-state index contributed by atoms with van der Waals surface area (Å²) in [4.78, 5) is 4.26. The number of aromatic nitrogens is 2. The van der Waals surface area contributed by atoms with E-state index in [4.69, 9.17) is 9.66 Å². The molecule has 0 amide bonds. The van der Waals surface area contributed by atoms with Gasteiger partial charge in [-0.25, -0.2) is 22.3 Å². The monoisotopic (exact) mass is 377 g/mol. The number of nitrogens with two attached hydrogens (primary N) is 1. The number of benzene rings is 2.